The molecule has 0 atom stereocenters. The second-order valence-corrected chi connectivity index (χ2v) is 10.2. The van der Waals surface area contributed by atoms with E-state index in [1.165, 1.54) is 16.4 Å². The van der Waals surface area contributed by atoms with Crippen LogP contribution in [0.2, 0.25) is 0 Å². The number of benzene rings is 2. The van der Waals surface area contributed by atoms with Gasteiger partial charge < -0.3 is 0 Å². The average molecular weight is 459 g/mol. The Balaban J connectivity index is 1.41. The summed E-state index contributed by atoms with van der Waals surface area (Å²) in [5, 5.41) is 14.1. The van der Waals surface area contributed by atoms with Gasteiger partial charge in [0.1, 0.15) is 5.01 Å². The van der Waals surface area contributed by atoms with Crippen molar-refractivity contribution < 1.29 is 13.3 Å². The van der Waals surface area contributed by atoms with Crippen LogP contribution < -0.4 is 0 Å². The van der Waals surface area contributed by atoms with Gasteiger partial charge in [0.25, 0.3) is 5.69 Å². The van der Waals surface area contributed by atoms with Crippen molar-refractivity contribution in [1.29, 1.82) is 0 Å². The van der Waals surface area contributed by atoms with Crippen LogP contribution in [0.3, 0.4) is 0 Å². The highest BCUT2D eigenvalue weighted by molar-refractivity contribution is 7.89. The fourth-order valence-corrected chi connectivity index (χ4v) is 6.08. The van der Waals surface area contributed by atoms with Gasteiger partial charge in [-0.2, -0.15) is 4.31 Å². The van der Waals surface area contributed by atoms with Crippen molar-refractivity contribution in [2.45, 2.75) is 18.4 Å². The lowest BCUT2D eigenvalue weighted by atomic mass is 10.2. The SMILES string of the molecule is Cc1ccc([N+](=O)[O-])cc1S(=O)(=O)N1CCN(Cc2nc(-c3ccccc3)cs2)CC1. The number of rotatable bonds is 6. The molecule has 0 saturated carbocycles. The molecule has 0 N–H and O–H groups in total. The molecule has 2 aromatic carbocycles. The molecular weight excluding hydrogens is 436 g/mol. The Morgan fingerprint density at radius 3 is 2.48 bits per heavy atom. The number of hydrogen-bond donors (Lipinski definition) is 0. The van der Waals surface area contributed by atoms with Gasteiger partial charge in [-0.05, 0) is 12.5 Å². The summed E-state index contributed by atoms with van der Waals surface area (Å²) in [7, 11) is -3.79. The van der Waals surface area contributed by atoms with E-state index in [1.54, 1.807) is 18.3 Å². The summed E-state index contributed by atoms with van der Waals surface area (Å²) in [6.45, 7) is 4.14. The Bertz CT molecular complexity index is 1190. The molecule has 8 nitrogen and oxygen atoms in total. The number of aromatic nitrogens is 1. The lowest BCUT2D eigenvalue weighted by molar-refractivity contribution is -0.385. The van der Waals surface area contributed by atoms with E-state index in [4.69, 9.17) is 4.98 Å². The summed E-state index contributed by atoms with van der Waals surface area (Å²) < 4.78 is 27.6. The van der Waals surface area contributed by atoms with Gasteiger partial charge in [0.2, 0.25) is 10.0 Å². The fraction of sp³-hybridized carbons (Fsp3) is 0.286. The predicted molar refractivity (Wildman–Crippen MR) is 119 cm³/mol. The molecule has 3 aromatic rings. The maximum absolute atomic E-state index is 13.1. The fourth-order valence-electron chi connectivity index (χ4n) is 3.56. The van der Waals surface area contributed by atoms with Crippen molar-refractivity contribution in [2.75, 3.05) is 26.2 Å². The second kappa shape index (κ2) is 8.83. The molecule has 1 fully saturated rings. The number of nitro groups is 1. The van der Waals surface area contributed by atoms with Crippen molar-refractivity contribution in [3.63, 3.8) is 0 Å². The molecule has 1 saturated heterocycles. The molecule has 0 unspecified atom stereocenters. The first-order valence-corrected chi connectivity index (χ1v) is 12.1. The van der Waals surface area contributed by atoms with Crippen LogP contribution in [0.4, 0.5) is 5.69 Å². The number of nitrogens with zero attached hydrogens (tertiary/aromatic N) is 4. The minimum absolute atomic E-state index is 0.00239. The maximum Gasteiger partial charge on any atom is 0.270 e. The summed E-state index contributed by atoms with van der Waals surface area (Å²) in [6, 6.07) is 13.9. The highest BCUT2D eigenvalue weighted by atomic mass is 32.2. The van der Waals surface area contributed by atoms with Crippen molar-refractivity contribution in [3.8, 4) is 11.3 Å². The number of non-ortho nitro benzene ring substituents is 1. The number of piperazine rings is 1. The molecule has 4 rings (SSSR count). The molecule has 0 bridgehead atoms. The minimum Gasteiger partial charge on any atom is -0.294 e. The second-order valence-electron chi connectivity index (χ2n) is 7.38. The number of aryl methyl sites for hydroxylation is 1. The molecule has 1 aliphatic rings. The summed E-state index contributed by atoms with van der Waals surface area (Å²) >= 11 is 1.60. The van der Waals surface area contributed by atoms with Crippen LogP contribution in [0.15, 0.2) is 58.8 Å². The van der Waals surface area contributed by atoms with E-state index in [-0.39, 0.29) is 10.6 Å². The number of hydrogen-bond acceptors (Lipinski definition) is 7. The largest absolute Gasteiger partial charge is 0.294 e. The molecule has 0 spiro atoms. The third-order valence-electron chi connectivity index (χ3n) is 5.31. The van der Waals surface area contributed by atoms with Crippen molar-refractivity contribution in [1.82, 2.24) is 14.2 Å². The normalized spacial score (nSPS) is 15.8. The van der Waals surface area contributed by atoms with Crippen LogP contribution >= 0.6 is 11.3 Å². The maximum atomic E-state index is 13.1. The molecule has 2 heterocycles. The average Bonchev–Trinajstić information content (AvgIpc) is 3.23. The molecule has 10 heteroatoms. The third kappa shape index (κ3) is 4.67. The minimum atomic E-state index is -3.79. The van der Waals surface area contributed by atoms with Gasteiger partial charge >= 0.3 is 0 Å². The Kier molecular flexibility index (Phi) is 6.15. The lowest BCUT2D eigenvalue weighted by Gasteiger charge is -2.33. The summed E-state index contributed by atoms with van der Waals surface area (Å²) in [4.78, 5) is 17.4. The Hall–Kier alpha value is -2.66. The Morgan fingerprint density at radius 2 is 1.81 bits per heavy atom. The van der Waals surface area contributed by atoms with E-state index in [0.717, 1.165) is 22.3 Å². The highest BCUT2D eigenvalue weighted by Crippen LogP contribution is 2.26. The van der Waals surface area contributed by atoms with Gasteiger partial charge in [-0.1, -0.05) is 36.4 Å². The van der Waals surface area contributed by atoms with Crippen molar-refractivity contribution in [2.24, 2.45) is 0 Å². The Morgan fingerprint density at radius 1 is 1.10 bits per heavy atom. The van der Waals surface area contributed by atoms with Crippen LogP contribution in [-0.4, -0.2) is 53.7 Å². The van der Waals surface area contributed by atoms with Gasteiger partial charge in [0.05, 0.1) is 22.1 Å². The molecule has 1 aromatic heterocycles. The van der Waals surface area contributed by atoms with Crippen LogP contribution in [0.5, 0.6) is 0 Å². The van der Waals surface area contributed by atoms with Gasteiger partial charge in [-0.15, -0.1) is 11.3 Å². The Labute approximate surface area is 185 Å². The smallest absolute Gasteiger partial charge is 0.270 e. The molecule has 1 aliphatic heterocycles. The van der Waals surface area contributed by atoms with E-state index >= 15 is 0 Å². The van der Waals surface area contributed by atoms with Gasteiger partial charge in [-0.25, -0.2) is 13.4 Å². The summed E-state index contributed by atoms with van der Waals surface area (Å²) in [5.74, 6) is 0. The van der Waals surface area contributed by atoms with Gasteiger partial charge in [0, 0.05) is 49.3 Å². The van der Waals surface area contributed by atoms with E-state index < -0.39 is 14.9 Å². The molecule has 162 valence electrons. The number of nitro benzene ring substituents is 1. The number of sulfonamides is 1. The molecule has 0 radical (unpaired) electrons. The van der Waals surface area contributed by atoms with Crippen LogP contribution in [0.25, 0.3) is 11.3 Å². The molecule has 0 aliphatic carbocycles. The number of thiazole rings is 1. The molecule has 0 amide bonds. The summed E-state index contributed by atoms with van der Waals surface area (Å²) in [6.07, 6.45) is 0. The monoisotopic (exact) mass is 458 g/mol. The van der Waals surface area contributed by atoms with Gasteiger partial charge in [0.15, 0.2) is 0 Å². The van der Waals surface area contributed by atoms with Crippen molar-refractivity contribution >= 4 is 27.0 Å². The van der Waals surface area contributed by atoms with E-state index in [2.05, 4.69) is 4.90 Å². The van der Waals surface area contributed by atoms with Crippen LogP contribution in [0.1, 0.15) is 10.6 Å². The van der Waals surface area contributed by atoms with Crippen LogP contribution in [0, 0.1) is 17.0 Å². The van der Waals surface area contributed by atoms with Crippen molar-refractivity contribution in [3.05, 3.63) is 74.6 Å². The zero-order valence-corrected chi connectivity index (χ0v) is 18.6. The first-order chi connectivity index (χ1) is 14.8. The topological polar surface area (TPSA) is 96.6 Å². The summed E-state index contributed by atoms with van der Waals surface area (Å²) in [5.41, 5.74) is 2.31. The first kappa shape index (κ1) is 21.6. The standard InChI is InChI=1S/C21H22N4O4S2/c1-16-7-8-18(25(26)27)13-20(16)31(28,29)24-11-9-23(10-12-24)14-21-22-19(15-30-21)17-5-3-2-4-6-17/h2-8,13,15H,9-12,14H2,1H3. The first-order valence-electron chi connectivity index (χ1n) is 9.82. The zero-order chi connectivity index (χ0) is 22.0. The predicted octanol–water partition coefficient (Wildman–Crippen LogP) is 3.53. The highest BCUT2D eigenvalue weighted by Gasteiger charge is 2.31. The lowest BCUT2D eigenvalue weighted by Crippen LogP contribution is -2.48. The quantitative estimate of drug-likeness (QED) is 0.414. The zero-order valence-electron chi connectivity index (χ0n) is 17.0. The van der Waals surface area contributed by atoms with E-state index in [9.17, 15) is 18.5 Å². The van der Waals surface area contributed by atoms with Gasteiger partial charge in [-0.3, -0.25) is 15.0 Å². The van der Waals surface area contributed by atoms with E-state index in [0.29, 0.717) is 38.3 Å². The third-order valence-corrected chi connectivity index (χ3v) is 8.19. The molecule has 31 heavy (non-hydrogen) atoms. The van der Waals surface area contributed by atoms with E-state index in [1.807, 2.05) is 35.7 Å². The molecular formula is C21H22N4O4S2. The van der Waals surface area contributed by atoms with Crippen LogP contribution in [-0.2, 0) is 16.6 Å².